The molecule has 3 rings (SSSR count). The van der Waals surface area contributed by atoms with E-state index in [1.165, 1.54) is 11.1 Å². The van der Waals surface area contributed by atoms with Gasteiger partial charge in [-0.05, 0) is 66.0 Å². The van der Waals surface area contributed by atoms with E-state index in [2.05, 4.69) is 57.9 Å². The van der Waals surface area contributed by atoms with E-state index >= 15 is 0 Å². The number of benzene rings is 1. The van der Waals surface area contributed by atoms with Crippen molar-refractivity contribution in [2.45, 2.75) is 26.1 Å². The lowest BCUT2D eigenvalue weighted by Crippen LogP contribution is -2.03. The Kier molecular flexibility index (Phi) is 3.76. The molecule has 1 unspecified atom stereocenters. The van der Waals surface area contributed by atoms with Crippen molar-refractivity contribution in [1.82, 2.24) is 14.5 Å². The Labute approximate surface area is 137 Å². The van der Waals surface area contributed by atoms with Crippen LogP contribution in [0.2, 0.25) is 0 Å². The van der Waals surface area contributed by atoms with Gasteiger partial charge in [0.2, 0.25) is 0 Å². The summed E-state index contributed by atoms with van der Waals surface area (Å²) in [6.45, 7) is 6.13. The van der Waals surface area contributed by atoms with Gasteiger partial charge < -0.3 is 0 Å². The molecule has 0 saturated carbocycles. The van der Waals surface area contributed by atoms with Crippen LogP contribution in [0.3, 0.4) is 0 Å². The zero-order valence-corrected chi connectivity index (χ0v) is 14.4. The van der Waals surface area contributed by atoms with E-state index < -0.39 is 0 Å². The monoisotopic (exact) mass is 363 g/mol. The molecule has 3 nitrogen and oxygen atoms in total. The van der Waals surface area contributed by atoms with Crippen molar-refractivity contribution in [2.75, 3.05) is 0 Å². The van der Waals surface area contributed by atoms with Crippen molar-refractivity contribution in [3.63, 3.8) is 0 Å². The van der Waals surface area contributed by atoms with Crippen molar-refractivity contribution in [3.05, 3.63) is 51.9 Å². The van der Waals surface area contributed by atoms with Crippen molar-refractivity contribution >= 4 is 38.7 Å². The molecule has 1 aromatic carbocycles. The first-order valence-electron chi connectivity index (χ1n) is 6.73. The highest BCUT2D eigenvalue weighted by Gasteiger charge is 2.17. The smallest absolute Gasteiger partial charge is 0.164 e. The lowest BCUT2D eigenvalue weighted by atomic mass is 10.1. The van der Waals surface area contributed by atoms with E-state index in [1.54, 1.807) is 6.20 Å². The van der Waals surface area contributed by atoms with Gasteiger partial charge in [0, 0.05) is 16.4 Å². The topological polar surface area (TPSA) is 30.7 Å². The molecule has 3 aromatic rings. The first-order chi connectivity index (χ1) is 9.97. The molecular formula is C16H15BrClN3. The first kappa shape index (κ1) is 14.5. The van der Waals surface area contributed by atoms with Crippen LogP contribution in [0.4, 0.5) is 0 Å². The third-order valence-electron chi connectivity index (χ3n) is 3.59. The van der Waals surface area contributed by atoms with Crippen LogP contribution in [0.15, 0.2) is 34.9 Å². The van der Waals surface area contributed by atoms with E-state index in [9.17, 15) is 0 Å². The summed E-state index contributed by atoms with van der Waals surface area (Å²) in [5.41, 5.74) is 5.20. The van der Waals surface area contributed by atoms with Crippen LogP contribution in [-0.4, -0.2) is 14.5 Å². The standard InChI is InChI=1S/C16H15BrClN3/c1-9-4-5-13(6-10(9)2)21-15(11(3)18)20-14-7-12(17)8-19-16(14)21/h4-8,11H,1-3H3. The molecule has 21 heavy (non-hydrogen) atoms. The molecule has 2 heterocycles. The fraction of sp³-hybridized carbons (Fsp3) is 0.250. The molecule has 0 radical (unpaired) electrons. The molecule has 0 amide bonds. The SMILES string of the molecule is Cc1ccc(-n2c(C(C)Cl)nc3cc(Br)cnc32)cc1C. The number of nitrogens with zero attached hydrogens (tertiary/aromatic N) is 3. The van der Waals surface area contributed by atoms with Crippen molar-refractivity contribution in [2.24, 2.45) is 0 Å². The van der Waals surface area contributed by atoms with Gasteiger partial charge in [0.05, 0.1) is 5.38 Å². The highest BCUT2D eigenvalue weighted by molar-refractivity contribution is 9.10. The van der Waals surface area contributed by atoms with Crippen LogP contribution in [0.1, 0.15) is 29.3 Å². The molecule has 0 aliphatic heterocycles. The predicted molar refractivity (Wildman–Crippen MR) is 90.3 cm³/mol. The van der Waals surface area contributed by atoms with Crippen molar-refractivity contribution in [3.8, 4) is 5.69 Å². The Balaban J connectivity index is 2.33. The number of halogens is 2. The minimum Gasteiger partial charge on any atom is -0.279 e. The van der Waals surface area contributed by atoms with Gasteiger partial charge in [-0.2, -0.15) is 0 Å². The van der Waals surface area contributed by atoms with E-state index in [-0.39, 0.29) is 5.38 Å². The summed E-state index contributed by atoms with van der Waals surface area (Å²) in [7, 11) is 0. The second-order valence-electron chi connectivity index (χ2n) is 5.19. The molecule has 0 bridgehead atoms. The number of hydrogen-bond donors (Lipinski definition) is 0. The summed E-state index contributed by atoms with van der Waals surface area (Å²) >= 11 is 9.75. The molecule has 0 N–H and O–H groups in total. The number of aromatic nitrogens is 3. The number of imidazole rings is 1. The summed E-state index contributed by atoms with van der Waals surface area (Å²) < 4.78 is 2.94. The van der Waals surface area contributed by atoms with E-state index in [1.807, 2.05) is 17.6 Å². The Morgan fingerprint density at radius 1 is 1.19 bits per heavy atom. The molecule has 0 aliphatic rings. The molecule has 0 saturated heterocycles. The first-order valence-corrected chi connectivity index (χ1v) is 7.96. The van der Waals surface area contributed by atoms with Gasteiger partial charge in [-0.1, -0.05) is 6.07 Å². The Morgan fingerprint density at radius 2 is 1.95 bits per heavy atom. The number of alkyl halides is 1. The lowest BCUT2D eigenvalue weighted by Gasteiger charge is -2.11. The van der Waals surface area contributed by atoms with Crippen LogP contribution < -0.4 is 0 Å². The summed E-state index contributed by atoms with van der Waals surface area (Å²) in [6, 6.07) is 8.29. The number of fused-ring (bicyclic) bond motifs is 1. The van der Waals surface area contributed by atoms with Gasteiger partial charge in [-0.25, -0.2) is 9.97 Å². The van der Waals surface area contributed by atoms with Crippen LogP contribution in [0.5, 0.6) is 0 Å². The van der Waals surface area contributed by atoms with Crippen molar-refractivity contribution in [1.29, 1.82) is 0 Å². The summed E-state index contributed by atoms with van der Waals surface area (Å²) in [6.07, 6.45) is 1.78. The van der Waals surface area contributed by atoms with Gasteiger partial charge in [0.1, 0.15) is 11.3 Å². The van der Waals surface area contributed by atoms with Crippen molar-refractivity contribution < 1.29 is 0 Å². The average Bonchev–Trinajstić information content (AvgIpc) is 2.80. The number of pyridine rings is 1. The number of aryl methyl sites for hydroxylation is 2. The van der Waals surface area contributed by atoms with E-state index in [0.717, 1.165) is 27.1 Å². The molecule has 0 fully saturated rings. The average molecular weight is 365 g/mol. The van der Waals surface area contributed by atoms with Gasteiger partial charge in [0.25, 0.3) is 0 Å². The van der Waals surface area contributed by atoms with Gasteiger partial charge in [-0.15, -0.1) is 11.6 Å². The highest BCUT2D eigenvalue weighted by atomic mass is 79.9. The summed E-state index contributed by atoms with van der Waals surface area (Å²) in [5.74, 6) is 0.806. The minimum atomic E-state index is -0.195. The van der Waals surface area contributed by atoms with Gasteiger partial charge in [0.15, 0.2) is 5.65 Å². The zero-order chi connectivity index (χ0) is 15.1. The Bertz CT molecular complexity index is 824. The Hall–Kier alpha value is -1.39. The van der Waals surface area contributed by atoms with Crippen LogP contribution in [0, 0.1) is 13.8 Å². The second-order valence-corrected chi connectivity index (χ2v) is 6.76. The maximum Gasteiger partial charge on any atom is 0.164 e. The quantitative estimate of drug-likeness (QED) is 0.592. The molecule has 108 valence electrons. The fourth-order valence-electron chi connectivity index (χ4n) is 2.34. The Morgan fingerprint density at radius 3 is 2.62 bits per heavy atom. The molecule has 0 aliphatic carbocycles. The molecule has 0 spiro atoms. The summed E-state index contributed by atoms with van der Waals surface area (Å²) in [5, 5.41) is -0.195. The molecular weight excluding hydrogens is 350 g/mol. The van der Waals surface area contributed by atoms with Crippen LogP contribution in [0.25, 0.3) is 16.9 Å². The van der Waals surface area contributed by atoms with Crippen LogP contribution >= 0.6 is 27.5 Å². The van der Waals surface area contributed by atoms with Gasteiger partial charge in [-0.3, -0.25) is 4.57 Å². The third kappa shape index (κ3) is 2.58. The summed E-state index contributed by atoms with van der Waals surface area (Å²) in [4.78, 5) is 9.15. The molecule has 2 aromatic heterocycles. The second kappa shape index (κ2) is 5.43. The number of rotatable bonds is 2. The maximum absolute atomic E-state index is 6.32. The zero-order valence-electron chi connectivity index (χ0n) is 12.1. The predicted octanol–water partition coefficient (Wildman–Crippen LogP) is 5.10. The maximum atomic E-state index is 6.32. The molecule has 5 heteroatoms. The highest BCUT2D eigenvalue weighted by Crippen LogP contribution is 2.29. The molecule has 1 atom stereocenters. The number of hydrogen-bond acceptors (Lipinski definition) is 2. The van der Waals surface area contributed by atoms with E-state index in [4.69, 9.17) is 11.6 Å². The van der Waals surface area contributed by atoms with E-state index in [0.29, 0.717) is 0 Å². The fourth-order valence-corrected chi connectivity index (χ4v) is 2.81. The minimum absolute atomic E-state index is 0.195. The third-order valence-corrected chi connectivity index (χ3v) is 4.22. The normalized spacial score (nSPS) is 12.8. The largest absolute Gasteiger partial charge is 0.279 e. The lowest BCUT2D eigenvalue weighted by molar-refractivity contribution is 0.876. The van der Waals surface area contributed by atoms with Gasteiger partial charge >= 0.3 is 0 Å². The van der Waals surface area contributed by atoms with Crippen LogP contribution in [-0.2, 0) is 0 Å².